The van der Waals surface area contributed by atoms with Gasteiger partial charge in [-0.15, -0.1) is 0 Å². The van der Waals surface area contributed by atoms with Crippen molar-refractivity contribution in [1.29, 1.82) is 0 Å². The standard InChI is InChI=1S/C22H34O3/c1-15(23)24-13-19(2)8-4-9-20(3)17(19)7-10-21-11-16(5-6-18(20)21)22(12-21)14-25-22/h16-18H,4-14H2,1-3H3. The number of esters is 1. The molecule has 0 aromatic heterocycles. The lowest BCUT2D eigenvalue weighted by Crippen LogP contribution is -2.57. The van der Waals surface area contributed by atoms with Gasteiger partial charge in [-0.3, -0.25) is 4.79 Å². The van der Waals surface area contributed by atoms with E-state index >= 15 is 0 Å². The van der Waals surface area contributed by atoms with Gasteiger partial charge < -0.3 is 9.47 Å². The largest absolute Gasteiger partial charge is 0.465 e. The molecule has 3 heteroatoms. The third-order valence-corrected chi connectivity index (χ3v) is 9.54. The zero-order valence-corrected chi connectivity index (χ0v) is 16.2. The molecule has 7 atom stereocenters. The Labute approximate surface area is 152 Å². The van der Waals surface area contributed by atoms with Crippen LogP contribution in [-0.2, 0) is 14.3 Å². The normalized spacial score (nSPS) is 56.2. The van der Waals surface area contributed by atoms with Crippen LogP contribution in [0.3, 0.4) is 0 Å². The summed E-state index contributed by atoms with van der Waals surface area (Å²) in [5, 5.41) is 0. The molecule has 7 unspecified atom stereocenters. The molecule has 5 aliphatic rings. The van der Waals surface area contributed by atoms with Crippen molar-refractivity contribution >= 4 is 5.97 Å². The van der Waals surface area contributed by atoms with Gasteiger partial charge in [-0.25, -0.2) is 0 Å². The van der Waals surface area contributed by atoms with Crippen molar-refractivity contribution < 1.29 is 14.3 Å². The summed E-state index contributed by atoms with van der Waals surface area (Å²) in [6.45, 7) is 8.22. The molecule has 25 heavy (non-hydrogen) atoms. The van der Waals surface area contributed by atoms with Crippen LogP contribution in [-0.4, -0.2) is 24.8 Å². The van der Waals surface area contributed by atoms with E-state index in [-0.39, 0.29) is 11.4 Å². The maximum atomic E-state index is 11.4. The monoisotopic (exact) mass is 346 g/mol. The fraction of sp³-hybridized carbons (Fsp3) is 0.955. The number of hydrogen-bond donors (Lipinski definition) is 0. The molecule has 5 rings (SSSR count). The van der Waals surface area contributed by atoms with Gasteiger partial charge in [0.05, 0.1) is 18.8 Å². The molecule has 0 amide bonds. The molecule has 5 fully saturated rings. The van der Waals surface area contributed by atoms with Crippen LogP contribution in [0, 0.1) is 34.0 Å². The molecule has 140 valence electrons. The SMILES string of the molecule is CC(=O)OCC1(C)CCCC2(C)C1CCC13CC(CCC12)C1(CO1)C3. The molecule has 4 aliphatic carbocycles. The average Bonchev–Trinajstić information content (AvgIpc) is 3.28. The predicted octanol–water partition coefficient (Wildman–Crippen LogP) is 4.73. The average molecular weight is 347 g/mol. The second kappa shape index (κ2) is 5.03. The fourth-order valence-electron chi connectivity index (χ4n) is 8.60. The third-order valence-electron chi connectivity index (χ3n) is 9.54. The topological polar surface area (TPSA) is 38.8 Å². The second-order valence-corrected chi connectivity index (χ2v) is 10.8. The minimum atomic E-state index is -0.120. The predicted molar refractivity (Wildman–Crippen MR) is 96.0 cm³/mol. The zero-order chi connectivity index (χ0) is 17.5. The van der Waals surface area contributed by atoms with Crippen molar-refractivity contribution in [2.75, 3.05) is 13.2 Å². The van der Waals surface area contributed by atoms with E-state index in [1.807, 2.05) is 0 Å². The van der Waals surface area contributed by atoms with Gasteiger partial charge in [0.25, 0.3) is 0 Å². The molecule has 1 heterocycles. The van der Waals surface area contributed by atoms with Crippen molar-refractivity contribution in [1.82, 2.24) is 0 Å². The first-order valence-electron chi connectivity index (χ1n) is 10.6. The molecule has 0 radical (unpaired) electrons. The molecule has 1 aliphatic heterocycles. The highest BCUT2D eigenvalue weighted by Crippen LogP contribution is 2.74. The highest BCUT2D eigenvalue weighted by molar-refractivity contribution is 5.65. The van der Waals surface area contributed by atoms with Crippen LogP contribution in [0.2, 0.25) is 0 Å². The Morgan fingerprint density at radius 1 is 1.12 bits per heavy atom. The Balaban J connectivity index is 1.46. The molecular formula is C22H34O3. The van der Waals surface area contributed by atoms with Gasteiger partial charge in [-0.05, 0) is 80.0 Å². The molecule has 0 aromatic carbocycles. The number of epoxide rings is 1. The number of ether oxygens (including phenoxy) is 2. The van der Waals surface area contributed by atoms with Crippen molar-refractivity contribution in [2.24, 2.45) is 34.0 Å². The lowest BCUT2D eigenvalue weighted by atomic mass is 9.41. The van der Waals surface area contributed by atoms with Gasteiger partial charge in [0.2, 0.25) is 0 Å². The number of carbonyl (C=O) groups is 1. The first-order chi connectivity index (χ1) is 11.8. The van der Waals surface area contributed by atoms with Crippen LogP contribution in [0.5, 0.6) is 0 Å². The lowest BCUT2D eigenvalue weighted by Gasteiger charge is -2.64. The molecule has 3 nitrogen and oxygen atoms in total. The molecule has 4 saturated carbocycles. The van der Waals surface area contributed by atoms with Crippen LogP contribution in [0.15, 0.2) is 0 Å². The van der Waals surface area contributed by atoms with Gasteiger partial charge in [0, 0.05) is 12.3 Å². The van der Waals surface area contributed by atoms with Crippen LogP contribution >= 0.6 is 0 Å². The van der Waals surface area contributed by atoms with Gasteiger partial charge in [-0.2, -0.15) is 0 Å². The summed E-state index contributed by atoms with van der Waals surface area (Å²) in [6.07, 6.45) is 12.2. The molecule has 2 spiro atoms. The highest BCUT2D eigenvalue weighted by atomic mass is 16.6. The van der Waals surface area contributed by atoms with E-state index < -0.39 is 0 Å². The van der Waals surface area contributed by atoms with E-state index in [0.717, 1.165) is 18.4 Å². The van der Waals surface area contributed by atoms with E-state index in [1.54, 1.807) is 6.92 Å². The summed E-state index contributed by atoms with van der Waals surface area (Å²) in [5.74, 6) is 2.29. The maximum Gasteiger partial charge on any atom is 0.302 e. The minimum absolute atomic E-state index is 0.120. The van der Waals surface area contributed by atoms with Crippen LogP contribution in [0.25, 0.3) is 0 Å². The third kappa shape index (κ3) is 2.17. The Bertz CT molecular complexity index is 596. The van der Waals surface area contributed by atoms with Crippen molar-refractivity contribution in [2.45, 2.75) is 84.2 Å². The first kappa shape index (κ1) is 16.6. The van der Waals surface area contributed by atoms with Gasteiger partial charge in [0.1, 0.15) is 0 Å². The molecule has 0 N–H and O–H groups in total. The first-order valence-corrected chi connectivity index (χ1v) is 10.6. The van der Waals surface area contributed by atoms with E-state index in [9.17, 15) is 4.79 Å². The molecule has 2 bridgehead atoms. The summed E-state index contributed by atoms with van der Waals surface area (Å²) in [5.41, 5.74) is 1.46. The Hall–Kier alpha value is -0.570. The van der Waals surface area contributed by atoms with Crippen LogP contribution in [0.4, 0.5) is 0 Å². The lowest BCUT2D eigenvalue weighted by molar-refractivity contribution is -0.172. The minimum Gasteiger partial charge on any atom is -0.465 e. The van der Waals surface area contributed by atoms with Gasteiger partial charge in [0.15, 0.2) is 0 Å². The Kier molecular flexibility index (Phi) is 3.34. The Morgan fingerprint density at radius 2 is 1.92 bits per heavy atom. The van der Waals surface area contributed by atoms with E-state index in [4.69, 9.17) is 9.47 Å². The summed E-state index contributed by atoms with van der Waals surface area (Å²) in [6, 6.07) is 0. The molecule has 1 saturated heterocycles. The van der Waals surface area contributed by atoms with Crippen LogP contribution < -0.4 is 0 Å². The quantitative estimate of drug-likeness (QED) is 0.536. The van der Waals surface area contributed by atoms with E-state index in [0.29, 0.717) is 29.0 Å². The zero-order valence-electron chi connectivity index (χ0n) is 16.2. The van der Waals surface area contributed by atoms with Crippen LogP contribution in [0.1, 0.15) is 78.6 Å². The Morgan fingerprint density at radius 3 is 2.64 bits per heavy atom. The molecule has 0 aromatic rings. The second-order valence-electron chi connectivity index (χ2n) is 10.8. The maximum absolute atomic E-state index is 11.4. The number of fused-ring (bicyclic) bond motifs is 4. The van der Waals surface area contributed by atoms with Crippen molar-refractivity contribution in [3.05, 3.63) is 0 Å². The summed E-state index contributed by atoms with van der Waals surface area (Å²) in [4.78, 5) is 11.4. The highest BCUT2D eigenvalue weighted by Gasteiger charge is 2.71. The van der Waals surface area contributed by atoms with Gasteiger partial charge in [-0.1, -0.05) is 20.3 Å². The van der Waals surface area contributed by atoms with E-state index in [2.05, 4.69) is 13.8 Å². The van der Waals surface area contributed by atoms with Gasteiger partial charge >= 0.3 is 5.97 Å². The van der Waals surface area contributed by atoms with Crippen molar-refractivity contribution in [3.8, 4) is 0 Å². The van der Waals surface area contributed by atoms with E-state index in [1.165, 1.54) is 57.8 Å². The fourth-order valence-corrected chi connectivity index (χ4v) is 8.60. The number of hydrogen-bond acceptors (Lipinski definition) is 3. The number of carbonyl (C=O) groups excluding carboxylic acids is 1. The number of rotatable bonds is 2. The summed E-state index contributed by atoms with van der Waals surface area (Å²) >= 11 is 0. The van der Waals surface area contributed by atoms with Crippen molar-refractivity contribution in [3.63, 3.8) is 0 Å². The summed E-state index contributed by atoms with van der Waals surface area (Å²) in [7, 11) is 0. The molecular weight excluding hydrogens is 312 g/mol. The summed E-state index contributed by atoms with van der Waals surface area (Å²) < 4.78 is 11.6. The smallest absolute Gasteiger partial charge is 0.302 e.